The maximum atomic E-state index is 4.60. The van der Waals surface area contributed by atoms with E-state index in [1.807, 2.05) is 11.7 Å². The summed E-state index contributed by atoms with van der Waals surface area (Å²) in [7, 11) is 2.05. The highest BCUT2D eigenvalue weighted by Crippen LogP contribution is 2.27. The molecule has 2 atom stereocenters. The summed E-state index contributed by atoms with van der Waals surface area (Å²) in [5.74, 6) is 0. The Hall–Kier alpha value is -0.870. The van der Waals surface area contributed by atoms with E-state index >= 15 is 0 Å². The highest BCUT2D eigenvalue weighted by molar-refractivity contribution is 5.27. The predicted molar refractivity (Wildman–Crippen MR) is 88.6 cm³/mol. The zero-order valence-corrected chi connectivity index (χ0v) is 14.4. The lowest BCUT2D eigenvalue weighted by atomic mass is 10.0. The van der Waals surface area contributed by atoms with Gasteiger partial charge in [-0.15, -0.1) is 0 Å². The molecular formula is C17H32N4. The first kappa shape index (κ1) is 16.5. The van der Waals surface area contributed by atoms with Crippen LogP contribution < -0.4 is 5.32 Å². The summed E-state index contributed by atoms with van der Waals surface area (Å²) in [5.41, 5.74) is 3.90. The molecule has 2 unspecified atom stereocenters. The quantitative estimate of drug-likeness (QED) is 0.875. The molecule has 4 nitrogen and oxygen atoms in total. The van der Waals surface area contributed by atoms with Crippen molar-refractivity contribution in [2.24, 2.45) is 7.05 Å². The fraction of sp³-hybridized carbons (Fsp3) is 0.824. The summed E-state index contributed by atoms with van der Waals surface area (Å²) in [4.78, 5) is 2.64. The molecule has 1 aromatic rings. The fourth-order valence-electron chi connectivity index (χ4n) is 3.67. The van der Waals surface area contributed by atoms with Crippen LogP contribution in [-0.4, -0.2) is 40.4 Å². The molecule has 1 N–H and O–H groups in total. The summed E-state index contributed by atoms with van der Waals surface area (Å²) < 4.78 is 2.02. The molecule has 0 spiro atoms. The largest absolute Gasteiger partial charge is 0.313 e. The minimum atomic E-state index is 0.447. The number of nitrogens with one attached hydrogen (secondary N) is 1. The third-order valence-electron chi connectivity index (χ3n) is 4.91. The van der Waals surface area contributed by atoms with Gasteiger partial charge in [0.2, 0.25) is 0 Å². The van der Waals surface area contributed by atoms with Crippen molar-refractivity contribution in [1.29, 1.82) is 0 Å². The Labute approximate surface area is 129 Å². The molecule has 21 heavy (non-hydrogen) atoms. The zero-order valence-electron chi connectivity index (χ0n) is 14.4. The summed E-state index contributed by atoms with van der Waals surface area (Å²) >= 11 is 0. The van der Waals surface area contributed by atoms with Gasteiger partial charge in [0.05, 0.1) is 5.69 Å². The molecule has 0 amide bonds. The monoisotopic (exact) mass is 292 g/mol. The number of hydrogen-bond donors (Lipinski definition) is 1. The van der Waals surface area contributed by atoms with Crippen LogP contribution in [0.4, 0.5) is 0 Å². The highest BCUT2D eigenvalue weighted by atomic mass is 15.3. The second-order valence-corrected chi connectivity index (χ2v) is 6.53. The van der Waals surface area contributed by atoms with Gasteiger partial charge in [0.25, 0.3) is 0 Å². The van der Waals surface area contributed by atoms with Crippen LogP contribution in [-0.2, 0) is 7.05 Å². The molecule has 0 aromatic carbocycles. The fourth-order valence-corrected chi connectivity index (χ4v) is 3.67. The molecule has 0 aliphatic carbocycles. The van der Waals surface area contributed by atoms with Crippen molar-refractivity contribution < 1.29 is 0 Å². The molecule has 4 heteroatoms. The molecule has 0 saturated carbocycles. The number of piperidine rings is 1. The molecule has 1 saturated heterocycles. The molecule has 1 aliphatic heterocycles. The third-order valence-corrected chi connectivity index (χ3v) is 4.91. The van der Waals surface area contributed by atoms with E-state index in [4.69, 9.17) is 0 Å². The van der Waals surface area contributed by atoms with Gasteiger partial charge in [-0.2, -0.15) is 5.10 Å². The average molecular weight is 292 g/mol. The first-order valence-electron chi connectivity index (χ1n) is 8.52. The lowest BCUT2D eigenvalue weighted by molar-refractivity contribution is 0.175. The van der Waals surface area contributed by atoms with Crippen LogP contribution in [0, 0.1) is 13.8 Å². The number of rotatable bonds is 6. The van der Waals surface area contributed by atoms with E-state index in [1.165, 1.54) is 49.2 Å². The summed E-state index contributed by atoms with van der Waals surface area (Å²) in [5, 5.41) is 8.28. The van der Waals surface area contributed by atoms with Gasteiger partial charge >= 0.3 is 0 Å². The van der Waals surface area contributed by atoms with E-state index in [0.717, 1.165) is 13.1 Å². The Kier molecular flexibility index (Phi) is 5.82. The number of nitrogens with zero attached hydrogens (tertiary/aromatic N) is 3. The number of aryl methyl sites for hydroxylation is 2. The normalized spacial score (nSPS) is 21.0. The number of hydrogen-bond acceptors (Lipinski definition) is 3. The maximum Gasteiger partial charge on any atom is 0.0644 e. The zero-order chi connectivity index (χ0) is 15.4. The second-order valence-electron chi connectivity index (χ2n) is 6.53. The molecule has 1 aromatic heterocycles. The van der Waals surface area contributed by atoms with E-state index in [1.54, 1.807) is 0 Å². The van der Waals surface area contributed by atoms with E-state index in [-0.39, 0.29) is 0 Å². The van der Waals surface area contributed by atoms with E-state index < -0.39 is 0 Å². The van der Waals surface area contributed by atoms with Gasteiger partial charge in [0.15, 0.2) is 0 Å². The van der Waals surface area contributed by atoms with Crippen molar-refractivity contribution in [3.05, 3.63) is 17.0 Å². The van der Waals surface area contributed by atoms with Crippen molar-refractivity contribution in [3.63, 3.8) is 0 Å². The summed E-state index contributed by atoms with van der Waals surface area (Å²) in [6.45, 7) is 12.4. The van der Waals surface area contributed by atoms with Gasteiger partial charge < -0.3 is 5.32 Å². The van der Waals surface area contributed by atoms with Crippen molar-refractivity contribution in [2.45, 2.75) is 65.5 Å². The molecule has 1 fully saturated rings. The van der Waals surface area contributed by atoms with Crippen molar-refractivity contribution >= 4 is 0 Å². The maximum absolute atomic E-state index is 4.60. The predicted octanol–water partition coefficient (Wildman–Crippen LogP) is 2.95. The molecule has 0 bridgehead atoms. The van der Waals surface area contributed by atoms with Gasteiger partial charge in [-0.3, -0.25) is 9.58 Å². The molecule has 2 heterocycles. The first-order chi connectivity index (χ1) is 10.0. The summed E-state index contributed by atoms with van der Waals surface area (Å²) in [6, 6.07) is 1.10. The van der Waals surface area contributed by atoms with Gasteiger partial charge in [-0.1, -0.05) is 13.3 Å². The van der Waals surface area contributed by atoms with Gasteiger partial charge in [0, 0.05) is 36.9 Å². The van der Waals surface area contributed by atoms with E-state index in [0.29, 0.717) is 12.1 Å². The van der Waals surface area contributed by atoms with E-state index in [2.05, 4.69) is 43.0 Å². The van der Waals surface area contributed by atoms with Gasteiger partial charge in [0.1, 0.15) is 0 Å². The Morgan fingerprint density at radius 3 is 2.67 bits per heavy atom. The Morgan fingerprint density at radius 2 is 2.14 bits per heavy atom. The van der Waals surface area contributed by atoms with Gasteiger partial charge in [-0.25, -0.2) is 0 Å². The molecule has 0 radical (unpaired) electrons. The minimum absolute atomic E-state index is 0.447. The van der Waals surface area contributed by atoms with Crippen molar-refractivity contribution in [1.82, 2.24) is 20.0 Å². The SMILES string of the molecule is CCCN(CC1CCCCN1)C(C)c1c(C)nn(C)c1C. The van der Waals surface area contributed by atoms with Crippen molar-refractivity contribution in [2.75, 3.05) is 19.6 Å². The topological polar surface area (TPSA) is 33.1 Å². The smallest absolute Gasteiger partial charge is 0.0644 e. The minimum Gasteiger partial charge on any atom is -0.313 e. The van der Waals surface area contributed by atoms with E-state index in [9.17, 15) is 0 Å². The Balaban J connectivity index is 2.12. The first-order valence-corrected chi connectivity index (χ1v) is 8.52. The van der Waals surface area contributed by atoms with Crippen LogP contribution in [0.5, 0.6) is 0 Å². The lowest BCUT2D eigenvalue weighted by Crippen LogP contribution is -2.44. The lowest BCUT2D eigenvalue weighted by Gasteiger charge is -2.34. The Morgan fingerprint density at radius 1 is 1.38 bits per heavy atom. The van der Waals surface area contributed by atoms with Crippen LogP contribution in [0.25, 0.3) is 0 Å². The highest BCUT2D eigenvalue weighted by Gasteiger charge is 2.24. The molecular weight excluding hydrogens is 260 g/mol. The third kappa shape index (κ3) is 3.86. The summed E-state index contributed by atoms with van der Waals surface area (Å²) in [6.07, 6.45) is 5.23. The van der Waals surface area contributed by atoms with Crippen LogP contribution >= 0.6 is 0 Å². The molecule has 1 aliphatic rings. The molecule has 2 rings (SSSR count). The Bertz CT molecular complexity index is 446. The van der Waals surface area contributed by atoms with Gasteiger partial charge in [-0.05, 0) is 53.1 Å². The standard InChI is InChI=1S/C17H32N4/c1-6-11-21(12-16-9-7-8-10-18-16)15(4)17-13(2)19-20(5)14(17)3/h15-16,18H,6-12H2,1-5H3. The van der Waals surface area contributed by atoms with Crippen molar-refractivity contribution in [3.8, 4) is 0 Å². The van der Waals surface area contributed by atoms with Crippen LogP contribution in [0.1, 0.15) is 62.5 Å². The number of aromatic nitrogens is 2. The average Bonchev–Trinajstić information content (AvgIpc) is 2.72. The molecule has 120 valence electrons. The second kappa shape index (κ2) is 7.41. The van der Waals surface area contributed by atoms with Crippen LogP contribution in [0.2, 0.25) is 0 Å². The van der Waals surface area contributed by atoms with Crippen LogP contribution in [0.15, 0.2) is 0 Å². The van der Waals surface area contributed by atoms with Crippen LogP contribution in [0.3, 0.4) is 0 Å².